The Balaban J connectivity index is 1.39. The number of fused-ring (bicyclic) bond motifs is 6. The zero-order chi connectivity index (χ0) is 51.7. The molecule has 1 aromatic heterocycles. The molecule has 4 unspecified atom stereocenters. The first-order valence-corrected chi connectivity index (χ1v) is 25.1. The lowest BCUT2D eigenvalue weighted by Gasteiger charge is -2.37. The van der Waals surface area contributed by atoms with Crippen molar-refractivity contribution in [2.24, 2.45) is 22.2 Å². The quantitative estimate of drug-likeness (QED) is 0.0857. The number of cyclic esters (lactones) is 1. The maximum atomic E-state index is 14.8. The van der Waals surface area contributed by atoms with E-state index in [4.69, 9.17) is 14.5 Å². The maximum Gasteiger partial charge on any atom is 0.324 e. The first-order valence-electron chi connectivity index (χ1n) is 25.1. The third kappa shape index (κ3) is 13.1. The van der Waals surface area contributed by atoms with E-state index in [0.717, 1.165) is 27.7 Å². The second-order valence-electron chi connectivity index (χ2n) is 20.5. The third-order valence-corrected chi connectivity index (χ3v) is 13.7. The van der Waals surface area contributed by atoms with E-state index in [1.807, 2.05) is 58.8 Å². The van der Waals surface area contributed by atoms with E-state index in [2.05, 4.69) is 60.9 Å². The van der Waals surface area contributed by atoms with Crippen molar-refractivity contribution in [1.29, 1.82) is 0 Å². The highest BCUT2D eigenvalue weighted by molar-refractivity contribution is 5.95. The Hall–Kier alpha value is -6.10. The van der Waals surface area contributed by atoms with Crippen LogP contribution in [0.2, 0.25) is 0 Å². The number of methoxy groups -OCH3 is 1. The molecule has 2 fully saturated rings. The molecule has 16 heteroatoms. The van der Waals surface area contributed by atoms with Crippen LogP contribution in [0.1, 0.15) is 84.5 Å². The fourth-order valence-electron chi connectivity index (χ4n) is 9.95. The van der Waals surface area contributed by atoms with Gasteiger partial charge in [-0.3, -0.25) is 34.0 Å². The summed E-state index contributed by atoms with van der Waals surface area (Å²) in [5.74, 6) is -2.69. The normalized spacial score (nSPS) is 21.0. The zero-order valence-electron chi connectivity index (χ0n) is 43.5. The summed E-state index contributed by atoms with van der Waals surface area (Å²) in [4.78, 5) is 80.6. The number of aliphatic imine (C=N–C) groups is 1. The molecule has 16 nitrogen and oxygen atoms in total. The van der Waals surface area contributed by atoms with Crippen LogP contribution in [0.15, 0.2) is 71.9 Å². The van der Waals surface area contributed by atoms with Crippen LogP contribution in [-0.2, 0) is 52.8 Å². The van der Waals surface area contributed by atoms with Crippen LogP contribution in [0.5, 0.6) is 5.75 Å². The summed E-state index contributed by atoms with van der Waals surface area (Å²) in [6.07, 6.45) is 10.2. The van der Waals surface area contributed by atoms with Crippen molar-refractivity contribution in [2.75, 3.05) is 60.5 Å². The van der Waals surface area contributed by atoms with Crippen LogP contribution < -0.4 is 10.7 Å². The molecule has 3 aliphatic heterocycles. The van der Waals surface area contributed by atoms with Gasteiger partial charge in [-0.1, -0.05) is 58.6 Å². The van der Waals surface area contributed by atoms with E-state index < -0.39 is 47.2 Å². The highest BCUT2D eigenvalue weighted by Gasteiger charge is 2.43. The molecular weight excluding hydrogens is 901 g/mol. The highest BCUT2D eigenvalue weighted by Crippen LogP contribution is 2.38. The molecule has 0 spiro atoms. The van der Waals surface area contributed by atoms with Gasteiger partial charge in [0.1, 0.15) is 23.9 Å². The lowest BCUT2D eigenvalue weighted by molar-refractivity contribution is -0.155. The number of aromatic hydroxyl groups is 1. The van der Waals surface area contributed by atoms with Gasteiger partial charge in [0.05, 0.1) is 24.3 Å². The lowest BCUT2D eigenvalue weighted by Crippen LogP contribution is -2.62. The predicted octanol–water partition coefficient (Wildman–Crippen LogP) is 6.15. The number of allylic oxidation sites excluding steroid dienone is 1. The summed E-state index contributed by atoms with van der Waals surface area (Å²) >= 11 is 0. The van der Waals surface area contributed by atoms with Crippen LogP contribution in [-0.4, -0.2) is 150 Å². The number of carbonyl (C=O) groups excluding carboxylic acids is 5. The van der Waals surface area contributed by atoms with Crippen LogP contribution in [0.4, 0.5) is 0 Å². The Morgan fingerprint density at radius 1 is 1.06 bits per heavy atom. The highest BCUT2D eigenvalue weighted by atomic mass is 16.5. The van der Waals surface area contributed by atoms with Crippen molar-refractivity contribution in [3.63, 3.8) is 0 Å². The summed E-state index contributed by atoms with van der Waals surface area (Å²) in [6.45, 7) is 20.2. The maximum absolute atomic E-state index is 14.8. The Morgan fingerprint density at radius 3 is 2.49 bits per heavy atom. The molecule has 384 valence electrons. The van der Waals surface area contributed by atoms with E-state index in [-0.39, 0.29) is 55.7 Å². The molecule has 3 aliphatic rings. The summed E-state index contributed by atoms with van der Waals surface area (Å²) < 4.78 is 14.1. The van der Waals surface area contributed by atoms with E-state index in [1.54, 1.807) is 47.4 Å². The van der Waals surface area contributed by atoms with E-state index >= 15 is 0 Å². The second-order valence-corrected chi connectivity index (χ2v) is 20.5. The van der Waals surface area contributed by atoms with Crippen molar-refractivity contribution >= 4 is 52.8 Å². The largest absolute Gasteiger partial charge is 0.508 e. The van der Waals surface area contributed by atoms with Crippen LogP contribution in [0.25, 0.3) is 28.1 Å². The van der Waals surface area contributed by atoms with Gasteiger partial charge in [-0.2, -0.15) is 0 Å². The number of nitrogens with one attached hydrogen (secondary N) is 2. The average Bonchev–Trinajstić information content (AvgIpc) is 3.83. The lowest BCUT2D eigenvalue weighted by atomic mass is 9.85. The summed E-state index contributed by atoms with van der Waals surface area (Å²) in [5, 5.41) is 16.8. The molecule has 6 bridgehead atoms. The molecule has 3 N–H and O–H groups in total. The molecule has 4 amide bonds. The average molecular weight is 977 g/mol. The summed E-state index contributed by atoms with van der Waals surface area (Å²) in [5.41, 5.74) is 8.37. The topological polar surface area (TPSA) is 178 Å². The molecule has 2 saturated heterocycles. The van der Waals surface area contributed by atoms with Gasteiger partial charge in [-0.15, -0.1) is 0 Å². The standard InChI is InChI=1S/C55H76N8O8/c1-12-22-56-45(36(6)70-11)31-48-43-32-55(7,8)34-71-54(69)44-17-15-24-63(58-44)53(68)46(28-37-26-40(29-41(64)27-37)38-19-20-47(42(43)30-38)61(48)14-3)57-51(66)50(35(4)5)62-25-21-39(52(62)67)33-60(13-2)49(65)18-16-23-59(9)10/h12,16,18-20,22,26-27,29-31,35-36,39,44,46,50,58,64H,1,13-15,17,21,23-25,28,32-34H2,2-11H3,(H,57,66)/b18-16+,45-31+,56-22?/t36?,39?,44-,46?,50?/m0/s1. The van der Waals surface area contributed by atoms with Crippen molar-refractivity contribution in [3.05, 3.63) is 83.7 Å². The number of likely N-dealkylation sites (N-methyl/N-ethyl adjacent to an activating group) is 2. The van der Waals surface area contributed by atoms with Gasteiger partial charge in [-0.25, -0.2) is 5.43 Å². The summed E-state index contributed by atoms with van der Waals surface area (Å²) in [6, 6.07) is 8.49. The minimum absolute atomic E-state index is 0.00983. The fraction of sp³-hybridized carbons (Fsp3) is 0.527. The Kier molecular flexibility index (Phi) is 18.2. The second kappa shape index (κ2) is 23.9. The number of nitrogens with zero attached hydrogens (tertiary/aromatic N) is 6. The SMILES string of the molecule is C=CC=N/C(=C/c1c2c3cc(ccc3n1CC)-c1cc(O)cc(c1)CC(NC(=O)C(C(C)C)N1CCC(CN(CC)C(=O)/C=C/CN(C)C)C1=O)C(=O)N1CCC[C@H](N1)C(=O)OCC(C)(C)C2)C(C)OC. The number of ether oxygens (including phenoxy) is 2. The third-order valence-electron chi connectivity index (χ3n) is 13.7. The molecule has 71 heavy (non-hydrogen) atoms. The van der Waals surface area contributed by atoms with Crippen LogP contribution >= 0.6 is 0 Å². The smallest absolute Gasteiger partial charge is 0.324 e. The number of rotatable bonds is 16. The Labute approximate surface area is 419 Å². The molecule has 3 aromatic rings. The number of phenols is 1. The van der Waals surface area contributed by atoms with Gasteiger partial charge >= 0.3 is 5.97 Å². The number of amides is 4. The fourth-order valence-corrected chi connectivity index (χ4v) is 9.95. The Morgan fingerprint density at radius 2 is 1.82 bits per heavy atom. The number of benzene rings is 2. The monoisotopic (exact) mass is 977 g/mol. The number of carbonyl (C=O) groups is 5. The molecule has 0 radical (unpaired) electrons. The summed E-state index contributed by atoms with van der Waals surface area (Å²) in [7, 11) is 5.48. The number of phenolic OH excluding ortho intramolecular Hbond substituents is 1. The van der Waals surface area contributed by atoms with Crippen molar-refractivity contribution in [2.45, 2.75) is 111 Å². The van der Waals surface area contributed by atoms with E-state index in [9.17, 15) is 29.1 Å². The van der Waals surface area contributed by atoms with Gasteiger partial charge in [-0.05, 0) is 119 Å². The van der Waals surface area contributed by atoms with Crippen molar-refractivity contribution < 1.29 is 38.6 Å². The van der Waals surface area contributed by atoms with Crippen LogP contribution in [0.3, 0.4) is 0 Å². The van der Waals surface area contributed by atoms with Crippen molar-refractivity contribution in [1.82, 2.24) is 35.0 Å². The van der Waals surface area contributed by atoms with Gasteiger partial charge in [0.2, 0.25) is 17.7 Å². The van der Waals surface area contributed by atoms with E-state index in [0.29, 0.717) is 68.7 Å². The molecule has 2 aromatic carbocycles. The van der Waals surface area contributed by atoms with Gasteiger partial charge in [0.25, 0.3) is 5.91 Å². The minimum atomic E-state index is -1.16. The number of hydrazine groups is 1. The zero-order valence-corrected chi connectivity index (χ0v) is 43.5. The number of hydrogen-bond donors (Lipinski definition) is 3. The minimum Gasteiger partial charge on any atom is -0.508 e. The molecule has 0 aliphatic carbocycles. The molecule has 5 atom stereocenters. The predicted molar refractivity (Wildman–Crippen MR) is 278 cm³/mol. The number of aryl methyl sites for hydroxylation is 1. The first-order chi connectivity index (χ1) is 33.8. The molecule has 6 rings (SSSR count). The van der Waals surface area contributed by atoms with Gasteiger partial charge in [0, 0.05) is 87.1 Å². The molecule has 4 heterocycles. The van der Waals surface area contributed by atoms with Crippen LogP contribution in [0, 0.1) is 17.3 Å². The van der Waals surface area contributed by atoms with Crippen molar-refractivity contribution in [3.8, 4) is 16.9 Å². The number of hydrogen-bond acceptors (Lipinski definition) is 11. The van der Waals surface area contributed by atoms with E-state index in [1.165, 1.54) is 11.1 Å². The number of aromatic nitrogens is 1. The van der Waals surface area contributed by atoms with Gasteiger partial charge < -0.3 is 39.2 Å². The number of likely N-dealkylation sites (tertiary alicyclic amines) is 1. The van der Waals surface area contributed by atoms with Gasteiger partial charge in [0.15, 0.2) is 0 Å². The number of esters is 1. The first kappa shape index (κ1) is 54.2. The molecular formula is C55H76N8O8. The molecule has 0 saturated carbocycles. The Bertz CT molecular complexity index is 2540.